The zero-order chi connectivity index (χ0) is 12.3. The second kappa shape index (κ2) is 4.52. The Bertz CT molecular complexity index is 589. The highest BCUT2D eigenvalue weighted by Gasteiger charge is 2.08. The average molecular weight is 231 g/mol. The molecule has 1 heterocycles. The van der Waals surface area contributed by atoms with Gasteiger partial charge in [0.2, 0.25) is 5.76 Å². The van der Waals surface area contributed by atoms with Crippen LogP contribution in [-0.2, 0) is 0 Å². The minimum absolute atomic E-state index is 0.379. The van der Waals surface area contributed by atoms with Crippen LogP contribution in [0.4, 0.5) is 11.4 Å². The van der Waals surface area contributed by atoms with Gasteiger partial charge in [0.15, 0.2) is 0 Å². The number of benzene rings is 1. The molecule has 5 nitrogen and oxygen atoms in total. The third kappa shape index (κ3) is 2.72. The SMILES string of the molecule is O=C(O)c1cc(Nc2ccccc2)cc(=O)o1. The molecule has 2 N–H and O–H groups in total. The summed E-state index contributed by atoms with van der Waals surface area (Å²) in [5, 5.41) is 11.7. The van der Waals surface area contributed by atoms with Gasteiger partial charge in [-0.1, -0.05) is 18.2 Å². The molecule has 0 atom stereocenters. The van der Waals surface area contributed by atoms with Gasteiger partial charge in [0.05, 0.1) is 0 Å². The smallest absolute Gasteiger partial charge is 0.372 e. The maximum absolute atomic E-state index is 11.1. The Labute approximate surface area is 96.3 Å². The van der Waals surface area contributed by atoms with Gasteiger partial charge in [-0.2, -0.15) is 0 Å². The molecule has 0 spiro atoms. The number of para-hydroxylation sites is 1. The highest BCUT2D eigenvalue weighted by atomic mass is 16.4. The summed E-state index contributed by atoms with van der Waals surface area (Å²) in [6.07, 6.45) is 0. The van der Waals surface area contributed by atoms with E-state index in [4.69, 9.17) is 5.11 Å². The van der Waals surface area contributed by atoms with Crippen molar-refractivity contribution in [2.45, 2.75) is 0 Å². The Balaban J connectivity index is 2.34. The Morgan fingerprint density at radius 3 is 2.47 bits per heavy atom. The van der Waals surface area contributed by atoms with Crippen LogP contribution in [-0.4, -0.2) is 11.1 Å². The van der Waals surface area contributed by atoms with E-state index in [9.17, 15) is 9.59 Å². The molecule has 0 saturated carbocycles. The van der Waals surface area contributed by atoms with Crippen LogP contribution < -0.4 is 10.9 Å². The number of anilines is 2. The van der Waals surface area contributed by atoms with Crippen molar-refractivity contribution in [3.8, 4) is 0 Å². The number of carboxylic acids is 1. The standard InChI is InChI=1S/C12H9NO4/c14-11-7-9(6-10(17-11)12(15)16)13-8-4-2-1-3-5-8/h1-7,13H,(H,15,16). The van der Waals surface area contributed by atoms with Crippen LogP contribution >= 0.6 is 0 Å². The Kier molecular flexibility index (Phi) is 2.91. The van der Waals surface area contributed by atoms with E-state index in [-0.39, 0.29) is 0 Å². The molecule has 2 aromatic rings. The van der Waals surface area contributed by atoms with E-state index in [0.29, 0.717) is 5.69 Å². The first-order chi connectivity index (χ1) is 8.15. The predicted molar refractivity (Wildman–Crippen MR) is 61.7 cm³/mol. The van der Waals surface area contributed by atoms with Crippen molar-refractivity contribution >= 4 is 17.3 Å². The lowest BCUT2D eigenvalue weighted by atomic mass is 10.3. The van der Waals surface area contributed by atoms with Gasteiger partial charge in [-0.25, -0.2) is 9.59 Å². The van der Waals surface area contributed by atoms with Crippen molar-refractivity contribution in [3.05, 3.63) is 58.6 Å². The fraction of sp³-hybridized carbons (Fsp3) is 0. The fourth-order valence-electron chi connectivity index (χ4n) is 1.34. The Morgan fingerprint density at radius 2 is 1.82 bits per heavy atom. The lowest BCUT2D eigenvalue weighted by Crippen LogP contribution is -2.06. The first-order valence-corrected chi connectivity index (χ1v) is 4.86. The molecule has 0 radical (unpaired) electrons. The number of carboxylic acid groups (broad SMARTS) is 1. The number of hydrogen-bond donors (Lipinski definition) is 2. The summed E-state index contributed by atoms with van der Waals surface area (Å²) in [4.78, 5) is 21.8. The normalized spacial score (nSPS) is 9.88. The van der Waals surface area contributed by atoms with Gasteiger partial charge < -0.3 is 14.8 Å². The fourth-order valence-corrected chi connectivity index (χ4v) is 1.34. The molecule has 1 aromatic carbocycles. The van der Waals surface area contributed by atoms with Crippen LogP contribution in [0.25, 0.3) is 0 Å². The van der Waals surface area contributed by atoms with Crippen molar-refractivity contribution < 1.29 is 14.3 Å². The zero-order valence-corrected chi connectivity index (χ0v) is 8.71. The van der Waals surface area contributed by atoms with E-state index >= 15 is 0 Å². The molecule has 17 heavy (non-hydrogen) atoms. The van der Waals surface area contributed by atoms with Crippen LogP contribution in [0.5, 0.6) is 0 Å². The van der Waals surface area contributed by atoms with E-state index < -0.39 is 17.4 Å². The van der Waals surface area contributed by atoms with Gasteiger partial charge in [-0.15, -0.1) is 0 Å². The van der Waals surface area contributed by atoms with Crippen LogP contribution in [0.15, 0.2) is 51.7 Å². The maximum Gasteiger partial charge on any atom is 0.372 e. The summed E-state index contributed by atoms with van der Waals surface area (Å²) in [6.45, 7) is 0. The number of carbonyl (C=O) groups is 1. The average Bonchev–Trinajstić information content (AvgIpc) is 2.29. The molecule has 0 aliphatic rings. The second-order valence-corrected chi connectivity index (χ2v) is 3.33. The lowest BCUT2D eigenvalue weighted by Gasteiger charge is -2.05. The van der Waals surface area contributed by atoms with Crippen molar-refractivity contribution in [1.82, 2.24) is 0 Å². The summed E-state index contributed by atoms with van der Waals surface area (Å²) in [6, 6.07) is 11.6. The number of rotatable bonds is 3. The van der Waals surface area contributed by atoms with E-state index in [1.807, 2.05) is 18.2 Å². The topological polar surface area (TPSA) is 79.5 Å². The Morgan fingerprint density at radius 1 is 1.12 bits per heavy atom. The number of hydrogen-bond acceptors (Lipinski definition) is 4. The van der Waals surface area contributed by atoms with Gasteiger partial charge in [0.25, 0.3) is 0 Å². The molecule has 0 unspecified atom stereocenters. The Hall–Kier alpha value is -2.56. The highest BCUT2D eigenvalue weighted by Crippen LogP contribution is 2.15. The molecule has 0 saturated heterocycles. The summed E-state index contributed by atoms with van der Waals surface area (Å²) in [5.74, 6) is -1.67. The van der Waals surface area contributed by atoms with Gasteiger partial charge in [-0.05, 0) is 12.1 Å². The molecule has 0 aliphatic heterocycles. The van der Waals surface area contributed by atoms with Crippen molar-refractivity contribution in [2.24, 2.45) is 0 Å². The lowest BCUT2D eigenvalue weighted by molar-refractivity contribution is 0.0657. The maximum atomic E-state index is 11.1. The largest absolute Gasteiger partial charge is 0.475 e. The third-order valence-corrected chi connectivity index (χ3v) is 2.04. The monoisotopic (exact) mass is 231 g/mol. The summed E-state index contributed by atoms with van der Waals surface area (Å²) in [5.41, 5.74) is 0.433. The molecule has 2 rings (SSSR count). The molecule has 0 bridgehead atoms. The minimum Gasteiger partial charge on any atom is -0.475 e. The van der Waals surface area contributed by atoms with Gasteiger partial charge in [0, 0.05) is 23.5 Å². The van der Waals surface area contributed by atoms with Crippen LogP contribution in [0.1, 0.15) is 10.6 Å². The van der Waals surface area contributed by atoms with Crippen molar-refractivity contribution in [1.29, 1.82) is 0 Å². The van der Waals surface area contributed by atoms with Crippen LogP contribution in [0, 0.1) is 0 Å². The van der Waals surface area contributed by atoms with E-state index in [0.717, 1.165) is 5.69 Å². The molecular formula is C12H9NO4. The number of aromatic carboxylic acids is 1. The minimum atomic E-state index is -1.28. The molecule has 1 aromatic heterocycles. The van der Waals surface area contributed by atoms with E-state index in [1.165, 1.54) is 12.1 Å². The highest BCUT2D eigenvalue weighted by molar-refractivity contribution is 5.85. The van der Waals surface area contributed by atoms with E-state index in [2.05, 4.69) is 9.73 Å². The second-order valence-electron chi connectivity index (χ2n) is 3.33. The summed E-state index contributed by atoms with van der Waals surface area (Å²) < 4.78 is 4.52. The molecule has 86 valence electrons. The molecular weight excluding hydrogens is 222 g/mol. The van der Waals surface area contributed by atoms with Gasteiger partial charge in [-0.3, -0.25) is 0 Å². The van der Waals surface area contributed by atoms with Crippen LogP contribution in [0.2, 0.25) is 0 Å². The van der Waals surface area contributed by atoms with E-state index in [1.54, 1.807) is 12.1 Å². The molecule has 0 fully saturated rings. The van der Waals surface area contributed by atoms with Crippen molar-refractivity contribution in [3.63, 3.8) is 0 Å². The third-order valence-electron chi connectivity index (χ3n) is 2.04. The first kappa shape index (κ1) is 10.9. The first-order valence-electron chi connectivity index (χ1n) is 4.86. The van der Waals surface area contributed by atoms with Gasteiger partial charge in [0.1, 0.15) is 0 Å². The predicted octanol–water partition coefficient (Wildman–Crippen LogP) is 2.08. The molecule has 5 heteroatoms. The summed E-state index contributed by atoms with van der Waals surface area (Å²) in [7, 11) is 0. The zero-order valence-electron chi connectivity index (χ0n) is 8.71. The molecule has 0 amide bonds. The van der Waals surface area contributed by atoms with Crippen LogP contribution in [0.3, 0.4) is 0 Å². The van der Waals surface area contributed by atoms with Gasteiger partial charge >= 0.3 is 11.6 Å². The quantitative estimate of drug-likeness (QED) is 0.845. The number of nitrogens with one attached hydrogen (secondary N) is 1. The molecule has 0 aliphatic carbocycles. The van der Waals surface area contributed by atoms with Crippen molar-refractivity contribution in [2.75, 3.05) is 5.32 Å². The summed E-state index contributed by atoms with van der Waals surface area (Å²) >= 11 is 0.